The molecule has 0 aromatic heterocycles. The topological polar surface area (TPSA) is 209 Å². The van der Waals surface area contributed by atoms with E-state index in [1.54, 1.807) is 67.5 Å². The van der Waals surface area contributed by atoms with Gasteiger partial charge in [0.05, 0.1) is 36.0 Å². The second-order valence-electron chi connectivity index (χ2n) is 25.1. The molecule has 2 N–H and O–H groups in total. The van der Waals surface area contributed by atoms with E-state index in [2.05, 4.69) is 67.6 Å². The number of carbonyl (C=O) groups excluding carboxylic acids is 6. The van der Waals surface area contributed by atoms with Crippen LogP contribution in [-0.2, 0) is 61.2 Å². The van der Waals surface area contributed by atoms with Crippen molar-refractivity contribution < 1.29 is 71.1 Å². The highest BCUT2D eigenvalue weighted by atomic mass is 28.4. The number of hydrogen-bond donors (Lipinski definition) is 2. The van der Waals surface area contributed by atoms with Crippen molar-refractivity contribution in [1.29, 1.82) is 0 Å². The van der Waals surface area contributed by atoms with Crippen LogP contribution in [0.25, 0.3) is 0 Å². The lowest BCUT2D eigenvalue weighted by Gasteiger charge is -2.68. The van der Waals surface area contributed by atoms with Crippen molar-refractivity contribution >= 4 is 52.4 Å². The number of allylic oxidation sites excluding steroid dienone is 1. The molecule has 1 heterocycles. The quantitative estimate of drug-likeness (QED) is 0.0534. The molecule has 0 spiro atoms. The first-order valence-corrected chi connectivity index (χ1v) is 32.8. The summed E-state index contributed by atoms with van der Waals surface area (Å²) in [5.74, 6) is -5.36. The van der Waals surface area contributed by atoms with Gasteiger partial charge in [0, 0.05) is 32.1 Å². The van der Waals surface area contributed by atoms with Gasteiger partial charge in [-0.15, -0.1) is 0 Å². The van der Waals surface area contributed by atoms with Crippen molar-refractivity contribution in [1.82, 2.24) is 5.32 Å². The van der Waals surface area contributed by atoms with Gasteiger partial charge in [-0.2, -0.15) is 0 Å². The summed E-state index contributed by atoms with van der Waals surface area (Å²) in [6, 6.07) is 1.05. The van der Waals surface area contributed by atoms with E-state index in [4.69, 9.17) is 37.3 Å². The van der Waals surface area contributed by atoms with Gasteiger partial charge in [0.2, 0.25) is 8.32 Å². The molecule has 0 aromatic carbocycles. The van der Waals surface area contributed by atoms with Gasteiger partial charge in [-0.3, -0.25) is 19.2 Å². The van der Waals surface area contributed by atoms with E-state index in [0.717, 1.165) is 37.4 Å². The third kappa shape index (κ3) is 11.7. The first kappa shape index (κ1) is 62.4. The summed E-state index contributed by atoms with van der Waals surface area (Å²) in [5.41, 5.74) is -7.64. The number of Topliss-reactive ketones (excluding diaryl/α,β-unsaturated/α-hetero) is 1. The Morgan fingerprint density at radius 3 is 1.91 bits per heavy atom. The van der Waals surface area contributed by atoms with E-state index < -0.39 is 135 Å². The van der Waals surface area contributed by atoms with Crippen molar-refractivity contribution in [2.24, 2.45) is 22.7 Å². The molecule has 1 aliphatic heterocycles. The molecule has 1 saturated heterocycles. The van der Waals surface area contributed by atoms with E-state index in [-0.39, 0.29) is 41.6 Å². The van der Waals surface area contributed by atoms with Crippen molar-refractivity contribution in [3.8, 4) is 0 Å². The number of esters is 4. The Labute approximate surface area is 450 Å². The summed E-state index contributed by atoms with van der Waals surface area (Å²) in [4.78, 5) is 88.2. The maximum atomic E-state index is 16.6. The number of amides is 1. The van der Waals surface area contributed by atoms with E-state index in [1.807, 2.05) is 0 Å². The van der Waals surface area contributed by atoms with Crippen LogP contribution in [0.4, 0.5) is 4.79 Å². The van der Waals surface area contributed by atoms with Crippen molar-refractivity contribution in [2.75, 3.05) is 6.61 Å². The minimum Gasteiger partial charge on any atom is -0.459 e. The molecule has 3 saturated carbocycles. The Morgan fingerprint density at radius 2 is 1.44 bits per heavy atom. The van der Waals surface area contributed by atoms with E-state index >= 15 is 14.4 Å². The molecule has 0 radical (unpaired) electrons. The summed E-state index contributed by atoms with van der Waals surface area (Å²) in [6.45, 7) is 34.8. The number of hydrogen-bond acceptors (Lipinski definition) is 15. The van der Waals surface area contributed by atoms with Gasteiger partial charge in [0.1, 0.15) is 29.5 Å². The van der Waals surface area contributed by atoms with Crippen molar-refractivity contribution in [3.05, 3.63) is 23.3 Å². The molecule has 75 heavy (non-hydrogen) atoms. The summed E-state index contributed by atoms with van der Waals surface area (Å²) in [5, 5.41) is 17.3. The second kappa shape index (κ2) is 23.5. The molecule has 1 amide bonds. The molecule has 2 unspecified atom stereocenters. The average Bonchev–Trinajstić information content (AvgIpc) is 3.30. The molecular weight excluding hydrogens is 995 g/mol. The fraction of sp³-hybridized carbons (Fsp3) is 0.825. The zero-order chi connectivity index (χ0) is 56.6. The van der Waals surface area contributed by atoms with Crippen LogP contribution in [0.5, 0.6) is 0 Å². The number of fused-ring (bicyclic) bond motifs is 5. The molecule has 0 aromatic rings. The van der Waals surface area contributed by atoms with Gasteiger partial charge in [-0.25, -0.2) is 9.59 Å². The van der Waals surface area contributed by atoms with Crippen LogP contribution in [0.15, 0.2) is 23.3 Å². The standard InChI is InChI=1S/C57H95NO15Si2/c1-20-27-40(58-52(64)71-53(14,15)16)45(73-75(33(5)6,34(7)8)35(9)10)51(63)68-41-31-57(65)49(69-50(62)39-28-25-24-26-29-39)47-55(19,48(61)46(67-37(12)59)44(36(41)11)54(57,17)18)42(72-74(21-2,22-3)23-4)30-43-56(47,32-66-43)70-38(13)60/h20,27,33-35,39-43,45-47,49,65H,21-26,28-32H2,1-19H3,(H,58,64)/b27-20+/t40-,41-,42-,43+,45+,46+,47?,49?,55+,56-,57+/m0/s1. The zero-order valence-corrected chi connectivity index (χ0v) is 51.0. The number of rotatable bonds is 19. The number of ether oxygens (including phenoxy) is 6. The molecule has 4 aliphatic carbocycles. The largest absolute Gasteiger partial charge is 0.459 e. The number of alkyl carbamates (subject to hydrolysis) is 1. The molecule has 18 heteroatoms. The van der Waals surface area contributed by atoms with Gasteiger partial charge in [-0.05, 0) is 100 Å². The van der Waals surface area contributed by atoms with Gasteiger partial charge >= 0.3 is 30.0 Å². The summed E-state index contributed by atoms with van der Waals surface area (Å²) < 4.78 is 53.2. The molecule has 2 bridgehead atoms. The minimum atomic E-state index is -2.99. The Balaban J connectivity index is 1.86. The average molecular weight is 1090 g/mol. The first-order chi connectivity index (χ1) is 34.7. The van der Waals surface area contributed by atoms with Gasteiger partial charge < -0.3 is 47.7 Å². The van der Waals surface area contributed by atoms with Crippen LogP contribution >= 0.6 is 0 Å². The van der Waals surface area contributed by atoms with Gasteiger partial charge in [-0.1, -0.05) is 108 Å². The Bertz CT molecular complexity index is 2140. The van der Waals surface area contributed by atoms with E-state index in [9.17, 15) is 19.5 Å². The van der Waals surface area contributed by atoms with Crippen LogP contribution < -0.4 is 5.32 Å². The Morgan fingerprint density at radius 1 is 0.867 bits per heavy atom. The number of aliphatic hydroxyl groups is 1. The lowest BCUT2D eigenvalue weighted by molar-refractivity contribution is -0.346. The number of ketones is 1. The molecular formula is C57H95NO15Si2. The van der Waals surface area contributed by atoms with Crippen LogP contribution in [0.1, 0.15) is 176 Å². The minimum absolute atomic E-state index is 0.0105. The lowest BCUT2D eigenvalue weighted by atomic mass is 9.44. The highest BCUT2D eigenvalue weighted by molar-refractivity contribution is 6.77. The highest BCUT2D eigenvalue weighted by Crippen LogP contribution is 2.65. The maximum Gasteiger partial charge on any atom is 0.408 e. The summed E-state index contributed by atoms with van der Waals surface area (Å²) in [7, 11) is -5.61. The molecule has 11 atom stereocenters. The number of nitrogens with one attached hydrogen (secondary N) is 1. The third-order valence-corrected chi connectivity index (χ3v) is 29.1. The smallest absolute Gasteiger partial charge is 0.408 e. The molecule has 16 nitrogen and oxygen atoms in total. The Hall–Kier alpha value is -3.43. The summed E-state index contributed by atoms with van der Waals surface area (Å²) >= 11 is 0. The summed E-state index contributed by atoms with van der Waals surface area (Å²) in [6.07, 6.45) is -1.96. The lowest BCUT2D eigenvalue weighted by Crippen LogP contribution is -2.82. The SMILES string of the molecule is C/C=C/[C@H](NC(=O)OC(C)(C)C)[C@@H](O[Si](C(C)C)(C(C)C)C(C)C)C(=O)O[C@H]1C[C@@]2(O)C(OC(=O)C3CCCCC3)C3[C@](C)(C(=O)[C@H](OC(C)=O)C(=C1C)C2(C)C)[C@@H](O[Si](CC)(CC)CC)C[C@H]1OC[C@@]31OC(C)=O. The monoisotopic (exact) mass is 1090 g/mol. The maximum absolute atomic E-state index is 16.6. The van der Waals surface area contributed by atoms with Crippen LogP contribution in [0.3, 0.4) is 0 Å². The fourth-order valence-corrected chi connectivity index (χ4v) is 22.7. The van der Waals surface area contributed by atoms with Crippen LogP contribution in [0, 0.1) is 22.7 Å². The number of carbonyl (C=O) groups is 6. The zero-order valence-electron chi connectivity index (χ0n) is 49.0. The predicted octanol–water partition coefficient (Wildman–Crippen LogP) is 10.5. The van der Waals surface area contributed by atoms with Crippen LogP contribution in [0.2, 0.25) is 34.8 Å². The van der Waals surface area contributed by atoms with E-state index in [0.29, 0.717) is 18.4 Å². The van der Waals surface area contributed by atoms with E-state index in [1.165, 1.54) is 13.8 Å². The predicted molar refractivity (Wildman–Crippen MR) is 289 cm³/mol. The Kier molecular flexibility index (Phi) is 19.6. The van der Waals surface area contributed by atoms with Gasteiger partial charge in [0.15, 0.2) is 31.9 Å². The third-order valence-electron chi connectivity index (χ3n) is 18.4. The first-order valence-electron chi connectivity index (χ1n) is 28.1. The van der Waals surface area contributed by atoms with Crippen LogP contribution in [-0.4, -0.2) is 124 Å². The highest BCUT2D eigenvalue weighted by Gasteiger charge is 2.79. The van der Waals surface area contributed by atoms with Crippen molar-refractivity contribution in [3.63, 3.8) is 0 Å². The van der Waals surface area contributed by atoms with Gasteiger partial charge in [0.25, 0.3) is 0 Å². The van der Waals surface area contributed by atoms with Crippen molar-refractivity contribution in [2.45, 2.75) is 271 Å². The second-order valence-corrected chi connectivity index (χ2v) is 35.2. The molecule has 4 fully saturated rings. The molecule has 5 aliphatic rings. The normalized spacial score (nSPS) is 31.1. The fourth-order valence-electron chi connectivity index (χ4n) is 14.3. The molecule has 5 rings (SSSR count). The molecule has 426 valence electrons.